The summed E-state index contributed by atoms with van der Waals surface area (Å²) in [5, 5.41) is 10.2. The van der Waals surface area contributed by atoms with E-state index in [9.17, 15) is 5.11 Å². The predicted molar refractivity (Wildman–Crippen MR) is 75.6 cm³/mol. The normalized spacial score (nSPS) is 12.8. The minimum absolute atomic E-state index is 0.526. The first-order valence-corrected chi connectivity index (χ1v) is 6.32. The number of hydrogen-bond acceptors (Lipinski definition) is 4. The molecular weight excluding hydrogens is 240 g/mol. The lowest BCUT2D eigenvalue weighted by molar-refractivity contribution is 0.120. The van der Waals surface area contributed by atoms with E-state index in [0.717, 1.165) is 17.1 Å². The molecule has 0 fully saturated rings. The van der Waals surface area contributed by atoms with Crippen LogP contribution in [0.1, 0.15) is 23.2 Å². The van der Waals surface area contributed by atoms with E-state index in [2.05, 4.69) is 0 Å². The van der Waals surface area contributed by atoms with Gasteiger partial charge in [0.2, 0.25) is 0 Å². The summed E-state index contributed by atoms with van der Waals surface area (Å²) in [5.74, 6) is 1.81. The van der Waals surface area contributed by atoms with Crippen LogP contribution in [0, 0.1) is 6.92 Å². The highest BCUT2D eigenvalue weighted by Crippen LogP contribution is 2.17. The quantitative estimate of drug-likeness (QED) is 0.810. The Balaban J connectivity index is 1.91. The van der Waals surface area contributed by atoms with Gasteiger partial charge in [0.05, 0.1) is 12.6 Å². The van der Waals surface area contributed by atoms with Gasteiger partial charge in [-0.1, -0.05) is 12.1 Å². The van der Waals surface area contributed by atoms with Gasteiger partial charge in [-0.05, 0) is 43.8 Å². The molecule has 4 nitrogen and oxygen atoms in total. The number of aryl methyl sites for hydroxylation is 1. The van der Waals surface area contributed by atoms with Gasteiger partial charge in [0, 0.05) is 12.2 Å². The highest BCUT2D eigenvalue weighted by atomic mass is 16.3. The van der Waals surface area contributed by atoms with Gasteiger partial charge in [-0.25, -0.2) is 0 Å². The molecule has 0 aliphatic carbocycles. The number of nitrogen functional groups attached to an aromatic ring is 1. The maximum Gasteiger partial charge on any atom is 0.118 e. The number of rotatable bonds is 5. The molecule has 3 N–H and O–H groups in total. The van der Waals surface area contributed by atoms with E-state index < -0.39 is 6.10 Å². The molecule has 0 amide bonds. The second-order valence-electron chi connectivity index (χ2n) is 4.89. The van der Waals surface area contributed by atoms with E-state index in [4.69, 9.17) is 10.2 Å². The summed E-state index contributed by atoms with van der Waals surface area (Å²) in [5.41, 5.74) is 7.20. The van der Waals surface area contributed by atoms with Crippen molar-refractivity contribution in [1.82, 2.24) is 4.90 Å². The third-order valence-electron chi connectivity index (χ3n) is 3.03. The summed E-state index contributed by atoms with van der Waals surface area (Å²) in [6.45, 7) is 3.15. The molecule has 1 aromatic heterocycles. The zero-order valence-corrected chi connectivity index (χ0v) is 11.3. The molecule has 0 saturated carbocycles. The predicted octanol–water partition coefficient (Wildman–Crippen LogP) is 2.34. The van der Waals surface area contributed by atoms with Crippen molar-refractivity contribution in [1.29, 1.82) is 0 Å². The van der Waals surface area contributed by atoms with Crippen molar-refractivity contribution in [3.63, 3.8) is 0 Å². The highest BCUT2D eigenvalue weighted by molar-refractivity contribution is 5.39. The summed E-state index contributed by atoms with van der Waals surface area (Å²) >= 11 is 0. The molecular formula is C15H20N2O2. The van der Waals surface area contributed by atoms with Gasteiger partial charge >= 0.3 is 0 Å². The SMILES string of the molecule is Cc1ccc(CN(C)CC(O)c2ccc(N)cc2)o1. The summed E-state index contributed by atoms with van der Waals surface area (Å²) in [7, 11) is 1.96. The van der Waals surface area contributed by atoms with Gasteiger partial charge in [0.15, 0.2) is 0 Å². The average Bonchev–Trinajstić information content (AvgIpc) is 2.75. The first-order chi connectivity index (χ1) is 9.04. The Bertz CT molecular complexity index is 519. The number of benzene rings is 1. The number of furan rings is 1. The van der Waals surface area contributed by atoms with Crippen LogP contribution in [0.25, 0.3) is 0 Å². The van der Waals surface area contributed by atoms with Gasteiger partial charge in [0.25, 0.3) is 0 Å². The van der Waals surface area contributed by atoms with Crippen molar-refractivity contribution < 1.29 is 9.52 Å². The van der Waals surface area contributed by atoms with E-state index in [-0.39, 0.29) is 0 Å². The van der Waals surface area contributed by atoms with Crippen LogP contribution in [0.3, 0.4) is 0 Å². The van der Waals surface area contributed by atoms with Crippen molar-refractivity contribution in [2.45, 2.75) is 19.6 Å². The second-order valence-corrected chi connectivity index (χ2v) is 4.89. The highest BCUT2D eigenvalue weighted by Gasteiger charge is 2.12. The number of aliphatic hydroxyl groups is 1. The molecule has 19 heavy (non-hydrogen) atoms. The Morgan fingerprint density at radius 3 is 2.47 bits per heavy atom. The molecule has 0 radical (unpaired) electrons. The third-order valence-corrected chi connectivity index (χ3v) is 3.03. The molecule has 0 aliphatic rings. The van der Waals surface area contributed by atoms with E-state index in [0.29, 0.717) is 18.8 Å². The first-order valence-electron chi connectivity index (χ1n) is 6.32. The molecule has 4 heteroatoms. The van der Waals surface area contributed by atoms with Crippen LogP contribution in [0.5, 0.6) is 0 Å². The Kier molecular flexibility index (Phi) is 4.24. The maximum atomic E-state index is 10.2. The molecule has 2 aromatic rings. The molecule has 0 aliphatic heterocycles. The number of hydrogen-bond donors (Lipinski definition) is 2. The third kappa shape index (κ3) is 3.84. The van der Waals surface area contributed by atoms with Gasteiger partial charge in [0.1, 0.15) is 11.5 Å². The molecule has 0 spiro atoms. The number of likely N-dealkylation sites (N-methyl/N-ethyl adjacent to an activating group) is 1. The van der Waals surface area contributed by atoms with Crippen LogP contribution in [-0.2, 0) is 6.54 Å². The number of nitrogens with two attached hydrogens (primary N) is 1. The summed E-state index contributed by atoms with van der Waals surface area (Å²) in [6.07, 6.45) is -0.526. The summed E-state index contributed by atoms with van der Waals surface area (Å²) in [6, 6.07) is 11.2. The Morgan fingerprint density at radius 1 is 1.21 bits per heavy atom. The van der Waals surface area contributed by atoms with Crippen molar-refractivity contribution in [3.8, 4) is 0 Å². The summed E-state index contributed by atoms with van der Waals surface area (Å²) in [4.78, 5) is 2.03. The minimum Gasteiger partial charge on any atom is -0.465 e. The lowest BCUT2D eigenvalue weighted by Gasteiger charge is -2.19. The maximum absolute atomic E-state index is 10.2. The second kappa shape index (κ2) is 5.91. The average molecular weight is 260 g/mol. The Labute approximate surface area is 113 Å². The van der Waals surface area contributed by atoms with Crippen molar-refractivity contribution in [2.24, 2.45) is 0 Å². The van der Waals surface area contributed by atoms with Crippen LogP contribution < -0.4 is 5.73 Å². The first kappa shape index (κ1) is 13.6. The molecule has 102 valence electrons. The molecule has 0 saturated heterocycles. The lowest BCUT2D eigenvalue weighted by Crippen LogP contribution is -2.24. The zero-order valence-electron chi connectivity index (χ0n) is 11.3. The van der Waals surface area contributed by atoms with Crippen molar-refractivity contribution in [3.05, 3.63) is 53.5 Å². The van der Waals surface area contributed by atoms with Gasteiger partial charge in [-0.2, -0.15) is 0 Å². The van der Waals surface area contributed by atoms with Crippen molar-refractivity contribution in [2.75, 3.05) is 19.3 Å². The molecule has 1 heterocycles. The smallest absolute Gasteiger partial charge is 0.118 e. The standard InChI is InChI=1S/C15H20N2O2/c1-11-3-8-14(19-11)9-17(2)10-15(18)12-4-6-13(16)7-5-12/h3-8,15,18H,9-10,16H2,1-2H3. The largest absolute Gasteiger partial charge is 0.465 e. The Hall–Kier alpha value is -1.78. The summed E-state index contributed by atoms with van der Waals surface area (Å²) < 4.78 is 5.52. The molecule has 1 aromatic carbocycles. The molecule has 1 unspecified atom stereocenters. The fourth-order valence-electron chi connectivity index (χ4n) is 2.02. The van der Waals surface area contributed by atoms with Crippen LogP contribution in [0.4, 0.5) is 5.69 Å². The zero-order chi connectivity index (χ0) is 13.8. The monoisotopic (exact) mass is 260 g/mol. The fourth-order valence-corrected chi connectivity index (χ4v) is 2.02. The Morgan fingerprint density at radius 2 is 1.89 bits per heavy atom. The van der Waals surface area contributed by atoms with Gasteiger partial charge in [-0.15, -0.1) is 0 Å². The van der Waals surface area contributed by atoms with E-state index in [1.54, 1.807) is 12.1 Å². The van der Waals surface area contributed by atoms with E-state index >= 15 is 0 Å². The van der Waals surface area contributed by atoms with Crippen LogP contribution in [-0.4, -0.2) is 23.6 Å². The fraction of sp³-hybridized carbons (Fsp3) is 0.333. The lowest BCUT2D eigenvalue weighted by atomic mass is 10.1. The van der Waals surface area contributed by atoms with Gasteiger partial charge in [-0.3, -0.25) is 4.90 Å². The topological polar surface area (TPSA) is 62.6 Å². The van der Waals surface area contributed by atoms with Crippen molar-refractivity contribution >= 4 is 5.69 Å². The van der Waals surface area contributed by atoms with Crippen LogP contribution in [0.15, 0.2) is 40.8 Å². The molecule has 0 bridgehead atoms. The minimum atomic E-state index is -0.526. The van der Waals surface area contributed by atoms with E-state index in [1.165, 1.54) is 0 Å². The number of anilines is 1. The number of nitrogens with zero attached hydrogens (tertiary/aromatic N) is 1. The van der Waals surface area contributed by atoms with E-state index in [1.807, 2.05) is 43.1 Å². The van der Waals surface area contributed by atoms with Crippen LogP contribution in [0.2, 0.25) is 0 Å². The van der Waals surface area contributed by atoms with Gasteiger partial charge < -0.3 is 15.3 Å². The number of aliphatic hydroxyl groups excluding tert-OH is 1. The molecule has 1 atom stereocenters. The molecule has 2 rings (SSSR count). The van der Waals surface area contributed by atoms with Crippen LogP contribution >= 0.6 is 0 Å².